The molecule has 0 amide bonds. The zero-order chi connectivity index (χ0) is 11.8. The number of hydrogen-bond acceptors (Lipinski definition) is 3. The summed E-state index contributed by atoms with van der Waals surface area (Å²) >= 11 is 0. The Balaban J connectivity index is 2.29. The molecule has 0 radical (unpaired) electrons. The van der Waals surface area contributed by atoms with E-state index in [0.29, 0.717) is 13.0 Å². The van der Waals surface area contributed by atoms with Gasteiger partial charge >= 0.3 is 5.97 Å². The van der Waals surface area contributed by atoms with Crippen molar-refractivity contribution < 1.29 is 14.3 Å². The zero-order valence-electron chi connectivity index (χ0n) is 9.86. The van der Waals surface area contributed by atoms with Gasteiger partial charge in [-0.05, 0) is 37.5 Å². The fourth-order valence-corrected chi connectivity index (χ4v) is 1.46. The Bertz CT molecular complexity index is 316. The van der Waals surface area contributed by atoms with E-state index in [9.17, 15) is 4.79 Å². The van der Waals surface area contributed by atoms with E-state index >= 15 is 0 Å². The van der Waals surface area contributed by atoms with Crippen molar-refractivity contribution in [1.29, 1.82) is 0 Å². The first-order valence-corrected chi connectivity index (χ1v) is 5.54. The smallest absolute Gasteiger partial charge is 0.305 e. The van der Waals surface area contributed by atoms with Gasteiger partial charge in [-0.15, -0.1) is 0 Å². The second-order valence-electron chi connectivity index (χ2n) is 3.51. The van der Waals surface area contributed by atoms with Gasteiger partial charge in [-0.1, -0.05) is 12.1 Å². The molecule has 1 rings (SSSR count). The molecule has 0 atom stereocenters. The predicted octanol–water partition coefficient (Wildman–Crippen LogP) is 2.58. The van der Waals surface area contributed by atoms with Crippen LogP contribution in [-0.2, 0) is 16.0 Å². The van der Waals surface area contributed by atoms with Crippen molar-refractivity contribution in [2.24, 2.45) is 0 Å². The molecule has 0 heterocycles. The summed E-state index contributed by atoms with van der Waals surface area (Å²) in [5, 5.41) is 0. The van der Waals surface area contributed by atoms with E-state index in [2.05, 4.69) is 0 Å². The number of carbonyl (C=O) groups is 1. The van der Waals surface area contributed by atoms with Crippen molar-refractivity contribution in [3.63, 3.8) is 0 Å². The molecule has 0 aliphatic rings. The van der Waals surface area contributed by atoms with Gasteiger partial charge in [-0.2, -0.15) is 0 Å². The summed E-state index contributed by atoms with van der Waals surface area (Å²) in [5.74, 6) is 0.741. The minimum absolute atomic E-state index is 0.115. The SMILES string of the molecule is CCOC(=O)CCCc1ccc(OC)cc1. The highest BCUT2D eigenvalue weighted by Crippen LogP contribution is 2.13. The van der Waals surface area contributed by atoms with Crippen LogP contribution >= 0.6 is 0 Å². The Hall–Kier alpha value is -1.51. The lowest BCUT2D eigenvalue weighted by molar-refractivity contribution is -0.143. The van der Waals surface area contributed by atoms with Crippen molar-refractivity contribution >= 4 is 5.97 Å². The van der Waals surface area contributed by atoms with Crippen molar-refractivity contribution in [3.8, 4) is 5.75 Å². The van der Waals surface area contributed by atoms with Crippen LogP contribution in [0.1, 0.15) is 25.3 Å². The van der Waals surface area contributed by atoms with Crippen LogP contribution in [-0.4, -0.2) is 19.7 Å². The maximum atomic E-state index is 11.1. The van der Waals surface area contributed by atoms with E-state index in [4.69, 9.17) is 9.47 Å². The Labute approximate surface area is 96.4 Å². The number of esters is 1. The Morgan fingerprint density at radius 3 is 2.50 bits per heavy atom. The standard InChI is InChI=1S/C13H18O3/c1-3-16-13(14)6-4-5-11-7-9-12(15-2)10-8-11/h7-10H,3-6H2,1-2H3. The summed E-state index contributed by atoms with van der Waals surface area (Å²) in [7, 11) is 1.65. The first-order valence-electron chi connectivity index (χ1n) is 5.54. The van der Waals surface area contributed by atoms with E-state index < -0.39 is 0 Å². The van der Waals surface area contributed by atoms with E-state index in [-0.39, 0.29) is 5.97 Å². The lowest BCUT2D eigenvalue weighted by Gasteiger charge is -2.03. The molecule has 0 saturated heterocycles. The lowest BCUT2D eigenvalue weighted by Crippen LogP contribution is -2.03. The fourth-order valence-electron chi connectivity index (χ4n) is 1.46. The van der Waals surface area contributed by atoms with Crippen LogP contribution in [0, 0.1) is 0 Å². The average Bonchev–Trinajstić information content (AvgIpc) is 2.30. The highest BCUT2D eigenvalue weighted by Gasteiger charge is 2.01. The number of hydrogen-bond donors (Lipinski definition) is 0. The summed E-state index contributed by atoms with van der Waals surface area (Å²) in [6.07, 6.45) is 2.20. The van der Waals surface area contributed by atoms with Crippen molar-refractivity contribution in [2.45, 2.75) is 26.2 Å². The summed E-state index contributed by atoms with van der Waals surface area (Å²) in [4.78, 5) is 11.1. The van der Waals surface area contributed by atoms with E-state index in [0.717, 1.165) is 18.6 Å². The van der Waals surface area contributed by atoms with Gasteiger partial charge in [0.1, 0.15) is 5.75 Å². The minimum Gasteiger partial charge on any atom is -0.497 e. The molecule has 0 fully saturated rings. The summed E-state index contributed by atoms with van der Waals surface area (Å²) in [5.41, 5.74) is 1.21. The van der Waals surface area contributed by atoms with Crippen LogP contribution in [0.5, 0.6) is 5.75 Å². The van der Waals surface area contributed by atoms with Crippen LogP contribution in [0.4, 0.5) is 0 Å². The second kappa shape index (κ2) is 6.88. The Morgan fingerprint density at radius 2 is 1.94 bits per heavy atom. The van der Waals surface area contributed by atoms with E-state index in [1.807, 2.05) is 31.2 Å². The van der Waals surface area contributed by atoms with Crippen LogP contribution in [0.25, 0.3) is 0 Å². The van der Waals surface area contributed by atoms with Gasteiger partial charge in [0.15, 0.2) is 0 Å². The monoisotopic (exact) mass is 222 g/mol. The van der Waals surface area contributed by atoms with Gasteiger partial charge < -0.3 is 9.47 Å². The molecule has 16 heavy (non-hydrogen) atoms. The molecule has 0 spiro atoms. The molecule has 0 aliphatic carbocycles. The Morgan fingerprint density at radius 1 is 1.25 bits per heavy atom. The van der Waals surface area contributed by atoms with Gasteiger partial charge in [-0.3, -0.25) is 4.79 Å². The van der Waals surface area contributed by atoms with Crippen molar-refractivity contribution in [3.05, 3.63) is 29.8 Å². The highest BCUT2D eigenvalue weighted by atomic mass is 16.5. The number of ether oxygens (including phenoxy) is 2. The maximum absolute atomic E-state index is 11.1. The van der Waals surface area contributed by atoms with Crippen LogP contribution in [0.2, 0.25) is 0 Å². The molecule has 0 unspecified atom stereocenters. The number of methoxy groups -OCH3 is 1. The predicted molar refractivity (Wildman–Crippen MR) is 62.6 cm³/mol. The van der Waals surface area contributed by atoms with Gasteiger partial charge in [-0.25, -0.2) is 0 Å². The molecule has 1 aromatic rings. The zero-order valence-corrected chi connectivity index (χ0v) is 9.86. The molecule has 1 aromatic carbocycles. The minimum atomic E-state index is -0.115. The number of benzene rings is 1. The van der Waals surface area contributed by atoms with Crippen LogP contribution in [0.15, 0.2) is 24.3 Å². The molecule has 3 heteroatoms. The van der Waals surface area contributed by atoms with Gasteiger partial charge in [0.25, 0.3) is 0 Å². The molecule has 0 aromatic heterocycles. The van der Waals surface area contributed by atoms with Crippen molar-refractivity contribution in [1.82, 2.24) is 0 Å². The van der Waals surface area contributed by atoms with Gasteiger partial charge in [0.2, 0.25) is 0 Å². The number of carbonyl (C=O) groups excluding carboxylic acids is 1. The second-order valence-corrected chi connectivity index (χ2v) is 3.51. The molecular weight excluding hydrogens is 204 g/mol. The third kappa shape index (κ3) is 4.34. The quantitative estimate of drug-likeness (QED) is 0.694. The molecule has 0 saturated carbocycles. The van der Waals surface area contributed by atoms with Crippen LogP contribution in [0.3, 0.4) is 0 Å². The van der Waals surface area contributed by atoms with E-state index in [1.165, 1.54) is 5.56 Å². The van der Waals surface area contributed by atoms with Crippen molar-refractivity contribution in [2.75, 3.05) is 13.7 Å². The number of rotatable bonds is 6. The molecule has 0 bridgehead atoms. The normalized spacial score (nSPS) is 9.88. The summed E-state index contributed by atoms with van der Waals surface area (Å²) in [6, 6.07) is 7.90. The first kappa shape index (κ1) is 12.6. The highest BCUT2D eigenvalue weighted by molar-refractivity contribution is 5.69. The average molecular weight is 222 g/mol. The maximum Gasteiger partial charge on any atom is 0.305 e. The lowest BCUT2D eigenvalue weighted by atomic mass is 10.1. The molecule has 0 N–H and O–H groups in total. The molecule has 88 valence electrons. The Kier molecular flexibility index (Phi) is 5.40. The van der Waals surface area contributed by atoms with E-state index in [1.54, 1.807) is 7.11 Å². The number of aryl methyl sites for hydroxylation is 1. The summed E-state index contributed by atoms with van der Waals surface area (Å²) < 4.78 is 9.93. The largest absolute Gasteiger partial charge is 0.497 e. The molecular formula is C13H18O3. The topological polar surface area (TPSA) is 35.5 Å². The van der Waals surface area contributed by atoms with Crippen LogP contribution < -0.4 is 4.74 Å². The first-order chi connectivity index (χ1) is 7.76. The molecule has 0 aliphatic heterocycles. The van der Waals surface area contributed by atoms with Gasteiger partial charge in [0.05, 0.1) is 13.7 Å². The summed E-state index contributed by atoms with van der Waals surface area (Å²) in [6.45, 7) is 2.28. The third-order valence-electron chi connectivity index (χ3n) is 2.31. The van der Waals surface area contributed by atoms with Gasteiger partial charge in [0, 0.05) is 6.42 Å². The fraction of sp³-hybridized carbons (Fsp3) is 0.462. The molecule has 3 nitrogen and oxygen atoms in total. The third-order valence-corrected chi connectivity index (χ3v) is 2.31.